The van der Waals surface area contributed by atoms with Crippen LogP contribution in [-0.4, -0.2) is 12.0 Å². The molecule has 0 aliphatic rings. The van der Waals surface area contributed by atoms with Gasteiger partial charge in [0.25, 0.3) is 0 Å². The Balaban J connectivity index is 3.52. The molecule has 5 nitrogen and oxygen atoms in total. The van der Waals surface area contributed by atoms with Crippen molar-refractivity contribution in [1.29, 1.82) is 0 Å². The highest BCUT2D eigenvalue weighted by molar-refractivity contribution is 5.59. The van der Waals surface area contributed by atoms with Gasteiger partial charge in [0.2, 0.25) is 11.6 Å². The van der Waals surface area contributed by atoms with E-state index >= 15 is 0 Å². The summed E-state index contributed by atoms with van der Waals surface area (Å²) < 4.78 is 30.5. The summed E-state index contributed by atoms with van der Waals surface area (Å²) in [7, 11) is 1.08. The third kappa shape index (κ3) is 1.43. The normalized spacial score (nSPS) is 9.93. The number of rotatable bonds is 2. The number of anilines is 1. The zero-order valence-corrected chi connectivity index (χ0v) is 7.08. The average molecular weight is 204 g/mol. The molecule has 0 fully saturated rings. The van der Waals surface area contributed by atoms with Crippen molar-refractivity contribution in [2.24, 2.45) is 0 Å². The van der Waals surface area contributed by atoms with Crippen molar-refractivity contribution >= 4 is 11.4 Å². The molecule has 76 valence electrons. The zero-order chi connectivity index (χ0) is 10.9. The highest BCUT2D eigenvalue weighted by Crippen LogP contribution is 2.34. The average Bonchev–Trinajstić information content (AvgIpc) is 2.02. The van der Waals surface area contributed by atoms with E-state index in [9.17, 15) is 18.9 Å². The van der Waals surface area contributed by atoms with Gasteiger partial charge in [-0.05, 0) is 0 Å². The lowest BCUT2D eigenvalue weighted by atomic mass is 10.2. The van der Waals surface area contributed by atoms with Gasteiger partial charge in [-0.1, -0.05) is 0 Å². The maximum Gasteiger partial charge on any atom is 0.344 e. The van der Waals surface area contributed by atoms with Gasteiger partial charge in [0.05, 0.1) is 17.7 Å². The lowest BCUT2D eigenvalue weighted by molar-refractivity contribution is -0.390. The van der Waals surface area contributed by atoms with E-state index in [1.165, 1.54) is 0 Å². The van der Waals surface area contributed by atoms with Gasteiger partial charge in [-0.25, -0.2) is 0 Å². The van der Waals surface area contributed by atoms with Gasteiger partial charge < -0.3 is 10.5 Å². The van der Waals surface area contributed by atoms with Crippen LogP contribution in [0, 0.1) is 21.7 Å². The van der Waals surface area contributed by atoms with E-state index in [2.05, 4.69) is 4.74 Å². The molecular weight excluding hydrogens is 198 g/mol. The van der Waals surface area contributed by atoms with Crippen molar-refractivity contribution in [2.75, 3.05) is 12.8 Å². The smallest absolute Gasteiger partial charge is 0.344 e. The molecule has 0 saturated heterocycles. The molecular formula is C7H6F2N2O3. The minimum absolute atomic E-state index is 0.326. The maximum atomic E-state index is 13.2. The number of benzene rings is 1. The van der Waals surface area contributed by atoms with Crippen LogP contribution in [0.4, 0.5) is 20.2 Å². The van der Waals surface area contributed by atoms with Crippen molar-refractivity contribution in [3.63, 3.8) is 0 Å². The Kier molecular flexibility index (Phi) is 2.50. The molecule has 2 N–H and O–H groups in total. The molecule has 0 aliphatic heterocycles. The highest BCUT2D eigenvalue weighted by atomic mass is 19.1. The number of nitro groups is 1. The molecule has 0 amide bonds. The number of hydrogen-bond acceptors (Lipinski definition) is 4. The zero-order valence-electron chi connectivity index (χ0n) is 7.08. The molecule has 1 aromatic rings. The summed E-state index contributed by atoms with van der Waals surface area (Å²) in [6, 6.07) is 0.639. The van der Waals surface area contributed by atoms with Gasteiger partial charge >= 0.3 is 5.69 Å². The van der Waals surface area contributed by atoms with Gasteiger partial charge in [0.15, 0.2) is 5.75 Å². The van der Waals surface area contributed by atoms with Crippen molar-refractivity contribution in [2.45, 2.75) is 0 Å². The number of nitrogen functional groups attached to an aromatic ring is 1. The van der Waals surface area contributed by atoms with E-state index in [4.69, 9.17) is 5.73 Å². The molecule has 0 heterocycles. The van der Waals surface area contributed by atoms with Gasteiger partial charge in [0.1, 0.15) is 0 Å². The lowest BCUT2D eigenvalue weighted by Gasteiger charge is -2.05. The summed E-state index contributed by atoms with van der Waals surface area (Å²) >= 11 is 0. The molecule has 7 heteroatoms. The second-order valence-corrected chi connectivity index (χ2v) is 2.40. The number of hydrogen-bond donors (Lipinski definition) is 1. The van der Waals surface area contributed by atoms with Gasteiger partial charge in [-0.3, -0.25) is 10.1 Å². The quantitative estimate of drug-likeness (QED) is 0.449. The molecule has 0 aromatic heterocycles. The molecule has 0 bridgehead atoms. The Hall–Kier alpha value is -1.92. The van der Waals surface area contributed by atoms with Crippen LogP contribution in [-0.2, 0) is 0 Å². The molecule has 0 saturated carbocycles. The van der Waals surface area contributed by atoms with Crippen molar-refractivity contribution in [3.05, 3.63) is 27.8 Å². The van der Waals surface area contributed by atoms with E-state index in [-0.39, 0.29) is 5.69 Å². The number of methoxy groups -OCH3 is 1. The first kappa shape index (κ1) is 10.2. The Morgan fingerprint density at radius 3 is 2.57 bits per heavy atom. The van der Waals surface area contributed by atoms with Crippen LogP contribution in [0.5, 0.6) is 5.75 Å². The standard InChI is InChI=1S/C7H6F2N2O3/c1-14-7-4(10)2-3(8)6(5(7)9)11(12)13/h2H,10H2,1H3. The highest BCUT2D eigenvalue weighted by Gasteiger charge is 2.27. The third-order valence-electron chi connectivity index (χ3n) is 1.56. The van der Waals surface area contributed by atoms with Crippen LogP contribution in [0.15, 0.2) is 6.07 Å². The lowest BCUT2D eigenvalue weighted by Crippen LogP contribution is -2.03. The van der Waals surface area contributed by atoms with E-state index in [0.29, 0.717) is 6.07 Å². The van der Waals surface area contributed by atoms with Crippen molar-refractivity contribution < 1.29 is 18.4 Å². The fourth-order valence-electron chi connectivity index (χ4n) is 0.984. The van der Waals surface area contributed by atoms with E-state index < -0.39 is 28.0 Å². The van der Waals surface area contributed by atoms with Crippen LogP contribution in [0.2, 0.25) is 0 Å². The molecule has 0 atom stereocenters. The molecule has 0 spiro atoms. The first-order valence-electron chi connectivity index (χ1n) is 3.45. The Bertz CT molecular complexity index is 395. The summed E-state index contributed by atoms with van der Waals surface area (Å²) in [6.45, 7) is 0. The van der Waals surface area contributed by atoms with Crippen LogP contribution in [0.3, 0.4) is 0 Å². The number of ether oxygens (including phenoxy) is 1. The van der Waals surface area contributed by atoms with Crippen molar-refractivity contribution in [3.8, 4) is 5.75 Å². The summed E-state index contributed by atoms with van der Waals surface area (Å²) in [5.41, 5.74) is 3.58. The Labute approximate surface area is 77.2 Å². The number of nitrogens with zero attached hydrogens (tertiary/aromatic N) is 1. The second-order valence-electron chi connectivity index (χ2n) is 2.40. The molecule has 1 rings (SSSR count). The number of nitro benzene ring substituents is 1. The number of halogens is 2. The fourth-order valence-corrected chi connectivity index (χ4v) is 0.984. The molecule has 0 unspecified atom stereocenters. The van der Waals surface area contributed by atoms with Crippen LogP contribution < -0.4 is 10.5 Å². The predicted octanol–water partition coefficient (Wildman–Crippen LogP) is 1.46. The Morgan fingerprint density at radius 1 is 1.57 bits per heavy atom. The van der Waals surface area contributed by atoms with Gasteiger partial charge in [-0.15, -0.1) is 0 Å². The summed E-state index contributed by atoms with van der Waals surface area (Å²) in [6.07, 6.45) is 0. The minimum atomic E-state index is -1.41. The minimum Gasteiger partial charge on any atom is -0.491 e. The van der Waals surface area contributed by atoms with Gasteiger partial charge in [0, 0.05) is 6.07 Å². The monoisotopic (exact) mass is 204 g/mol. The van der Waals surface area contributed by atoms with Gasteiger partial charge in [-0.2, -0.15) is 8.78 Å². The molecule has 1 aromatic carbocycles. The first-order valence-corrected chi connectivity index (χ1v) is 3.45. The van der Waals surface area contributed by atoms with Crippen molar-refractivity contribution in [1.82, 2.24) is 0 Å². The van der Waals surface area contributed by atoms with Crippen LogP contribution >= 0.6 is 0 Å². The summed E-state index contributed by atoms with van der Waals surface area (Å²) in [5, 5.41) is 10.3. The Morgan fingerprint density at radius 2 is 2.14 bits per heavy atom. The first-order chi connectivity index (χ1) is 6.49. The molecule has 14 heavy (non-hydrogen) atoms. The largest absolute Gasteiger partial charge is 0.491 e. The van der Waals surface area contributed by atoms with E-state index in [1.54, 1.807) is 0 Å². The molecule has 0 aliphatic carbocycles. The third-order valence-corrected chi connectivity index (χ3v) is 1.56. The van der Waals surface area contributed by atoms with E-state index in [1.807, 2.05) is 0 Å². The van der Waals surface area contributed by atoms with E-state index in [0.717, 1.165) is 7.11 Å². The predicted molar refractivity (Wildman–Crippen MR) is 44.0 cm³/mol. The SMILES string of the molecule is COc1c(N)cc(F)c([N+](=O)[O-])c1F. The topological polar surface area (TPSA) is 78.4 Å². The summed E-state index contributed by atoms with van der Waals surface area (Å²) in [4.78, 5) is 9.08. The summed E-state index contributed by atoms with van der Waals surface area (Å²) in [5.74, 6) is -3.26. The fraction of sp³-hybridized carbons (Fsp3) is 0.143. The number of nitrogens with two attached hydrogens (primary N) is 1. The maximum absolute atomic E-state index is 13.2. The van der Waals surface area contributed by atoms with Crippen LogP contribution in [0.1, 0.15) is 0 Å². The van der Waals surface area contributed by atoms with Crippen LogP contribution in [0.25, 0.3) is 0 Å². The second kappa shape index (κ2) is 3.44. The molecule has 0 radical (unpaired) electrons.